The Bertz CT molecular complexity index is 446. The number of hydrogen-bond donors (Lipinski definition) is 1. The van der Waals surface area contributed by atoms with Gasteiger partial charge in [-0.2, -0.15) is 0 Å². The second-order valence-corrected chi connectivity index (χ2v) is 8.25. The molecule has 0 aromatic heterocycles. The summed E-state index contributed by atoms with van der Waals surface area (Å²) in [6.45, 7) is 7.23. The lowest BCUT2D eigenvalue weighted by molar-refractivity contribution is -0.107. The van der Waals surface area contributed by atoms with Crippen LogP contribution in [0, 0.1) is 16.7 Å². The van der Waals surface area contributed by atoms with Gasteiger partial charge in [0.25, 0.3) is 0 Å². The summed E-state index contributed by atoms with van der Waals surface area (Å²) in [6.07, 6.45) is 9.97. The maximum absolute atomic E-state index is 6.44. The van der Waals surface area contributed by atoms with Crippen LogP contribution in [-0.4, -0.2) is 30.5 Å². The molecule has 2 heterocycles. The lowest BCUT2D eigenvalue weighted by Gasteiger charge is -2.49. The lowest BCUT2D eigenvalue weighted by atomic mass is 9.58. The molecule has 3 heteroatoms. The fraction of sp³-hybridized carbons (Fsp3) is 0.882. The van der Waals surface area contributed by atoms with Crippen LogP contribution in [0.2, 0.25) is 0 Å². The summed E-state index contributed by atoms with van der Waals surface area (Å²) in [4.78, 5) is 0. The van der Waals surface area contributed by atoms with Gasteiger partial charge in [0.15, 0.2) is 0 Å². The summed E-state index contributed by atoms with van der Waals surface area (Å²) >= 11 is 0. The molecule has 2 N–H and O–H groups in total. The van der Waals surface area contributed by atoms with Gasteiger partial charge in [0.1, 0.15) is 6.10 Å². The third-order valence-electron chi connectivity index (χ3n) is 6.93. The van der Waals surface area contributed by atoms with Crippen molar-refractivity contribution in [3.63, 3.8) is 0 Å². The van der Waals surface area contributed by atoms with E-state index in [9.17, 15) is 0 Å². The summed E-state index contributed by atoms with van der Waals surface area (Å²) in [5.41, 5.74) is 7.09. The molecule has 0 spiro atoms. The highest BCUT2D eigenvalue weighted by Crippen LogP contribution is 2.62. The molecular formula is C17H27NO2. The second-order valence-electron chi connectivity index (χ2n) is 8.25. The van der Waals surface area contributed by atoms with E-state index in [1.165, 1.54) is 0 Å². The molecule has 3 fully saturated rings. The van der Waals surface area contributed by atoms with Gasteiger partial charge in [0.2, 0.25) is 0 Å². The molecule has 1 saturated heterocycles. The Kier molecular flexibility index (Phi) is 2.72. The summed E-state index contributed by atoms with van der Waals surface area (Å²) < 4.78 is 12.3. The van der Waals surface area contributed by atoms with Gasteiger partial charge in [-0.1, -0.05) is 32.9 Å². The second kappa shape index (κ2) is 4.08. The van der Waals surface area contributed by atoms with Gasteiger partial charge in [0, 0.05) is 12.5 Å². The highest BCUT2D eigenvalue weighted by molar-refractivity contribution is 5.14. The van der Waals surface area contributed by atoms with Crippen molar-refractivity contribution in [1.29, 1.82) is 0 Å². The highest BCUT2D eigenvalue weighted by Gasteiger charge is 2.59. The van der Waals surface area contributed by atoms with Gasteiger partial charge in [-0.25, -0.2) is 0 Å². The standard InChI is InChI=1S/C17H27NO2/c1-16(2)12-6-11(8-17(16,3)9-13(12)18)20-15-7-10-4-5-14(15)19-10/h4-5,10-15H,6-9,18H2,1-3H3. The monoisotopic (exact) mass is 277 g/mol. The van der Waals surface area contributed by atoms with E-state index in [1.807, 2.05) is 0 Å². The minimum atomic E-state index is 0.203. The SMILES string of the molecule is CC12CC(OC3CC4C=CC3O4)CC(C(N)C1)C2(C)C. The van der Waals surface area contributed by atoms with E-state index >= 15 is 0 Å². The minimum absolute atomic E-state index is 0.203. The van der Waals surface area contributed by atoms with Crippen LogP contribution in [0.3, 0.4) is 0 Å². The van der Waals surface area contributed by atoms with Crippen LogP contribution in [0.4, 0.5) is 0 Å². The molecule has 112 valence electrons. The normalized spacial score (nSPS) is 55.6. The van der Waals surface area contributed by atoms with Crippen LogP contribution < -0.4 is 5.73 Å². The minimum Gasteiger partial charge on any atom is -0.372 e. The molecule has 4 aliphatic rings. The van der Waals surface area contributed by atoms with Crippen molar-refractivity contribution in [3.8, 4) is 0 Å². The zero-order valence-electron chi connectivity index (χ0n) is 12.8. The summed E-state index contributed by atoms with van der Waals surface area (Å²) in [7, 11) is 0. The van der Waals surface area contributed by atoms with Gasteiger partial charge < -0.3 is 15.2 Å². The molecule has 4 bridgehead atoms. The van der Waals surface area contributed by atoms with E-state index in [0.29, 0.717) is 35.0 Å². The van der Waals surface area contributed by atoms with E-state index in [-0.39, 0.29) is 12.2 Å². The topological polar surface area (TPSA) is 44.5 Å². The first-order chi connectivity index (χ1) is 9.39. The van der Waals surface area contributed by atoms with E-state index < -0.39 is 0 Å². The van der Waals surface area contributed by atoms with Crippen LogP contribution >= 0.6 is 0 Å². The largest absolute Gasteiger partial charge is 0.372 e. The number of rotatable bonds is 2. The van der Waals surface area contributed by atoms with Crippen molar-refractivity contribution < 1.29 is 9.47 Å². The van der Waals surface area contributed by atoms with Crippen molar-refractivity contribution >= 4 is 0 Å². The molecule has 2 aliphatic heterocycles. The van der Waals surface area contributed by atoms with Crippen LogP contribution in [0.15, 0.2) is 12.2 Å². The summed E-state index contributed by atoms with van der Waals surface area (Å²) in [5.74, 6) is 0.598. The van der Waals surface area contributed by atoms with E-state index in [1.54, 1.807) is 0 Å². The number of nitrogens with two attached hydrogens (primary N) is 1. The molecule has 7 atom stereocenters. The summed E-state index contributed by atoms with van der Waals surface area (Å²) in [6, 6.07) is 0.347. The quantitative estimate of drug-likeness (QED) is 0.789. The molecule has 7 unspecified atom stereocenters. The Morgan fingerprint density at radius 3 is 2.55 bits per heavy atom. The smallest absolute Gasteiger partial charge is 0.103 e. The fourth-order valence-electron chi connectivity index (χ4n) is 5.31. The third kappa shape index (κ3) is 1.69. The molecule has 4 rings (SSSR count). The molecule has 0 aromatic carbocycles. The summed E-state index contributed by atoms with van der Waals surface area (Å²) in [5, 5.41) is 0. The molecule has 3 nitrogen and oxygen atoms in total. The number of hydrogen-bond acceptors (Lipinski definition) is 3. The Morgan fingerprint density at radius 2 is 1.95 bits per heavy atom. The predicted molar refractivity (Wildman–Crippen MR) is 78.3 cm³/mol. The predicted octanol–water partition coefficient (Wildman–Crippen LogP) is 2.64. The van der Waals surface area contributed by atoms with Gasteiger partial charge in [-0.3, -0.25) is 0 Å². The first-order valence-electron chi connectivity index (χ1n) is 8.14. The van der Waals surface area contributed by atoms with Gasteiger partial charge in [-0.05, 0) is 36.0 Å². The van der Waals surface area contributed by atoms with E-state index in [0.717, 1.165) is 25.7 Å². The zero-order chi connectivity index (χ0) is 14.1. The van der Waals surface area contributed by atoms with Gasteiger partial charge in [0.05, 0.1) is 18.3 Å². The molecule has 0 aromatic rings. The van der Waals surface area contributed by atoms with Crippen molar-refractivity contribution in [1.82, 2.24) is 0 Å². The van der Waals surface area contributed by atoms with E-state index in [2.05, 4.69) is 32.9 Å². The van der Waals surface area contributed by atoms with Crippen molar-refractivity contribution in [2.24, 2.45) is 22.5 Å². The Morgan fingerprint density at radius 1 is 1.15 bits per heavy atom. The van der Waals surface area contributed by atoms with E-state index in [4.69, 9.17) is 15.2 Å². The highest BCUT2D eigenvalue weighted by atomic mass is 16.6. The van der Waals surface area contributed by atoms with Crippen molar-refractivity contribution in [2.45, 2.75) is 76.9 Å². The van der Waals surface area contributed by atoms with Gasteiger partial charge >= 0.3 is 0 Å². The Labute approximate surface area is 121 Å². The average Bonchev–Trinajstić information content (AvgIpc) is 2.96. The molecule has 0 radical (unpaired) electrons. The Balaban J connectivity index is 1.49. The maximum Gasteiger partial charge on any atom is 0.103 e. The molecule has 20 heavy (non-hydrogen) atoms. The van der Waals surface area contributed by atoms with Crippen LogP contribution in [0.1, 0.15) is 46.5 Å². The van der Waals surface area contributed by atoms with Crippen LogP contribution in [0.25, 0.3) is 0 Å². The first kappa shape index (κ1) is 13.3. The maximum atomic E-state index is 6.44. The zero-order valence-corrected chi connectivity index (χ0v) is 12.8. The van der Waals surface area contributed by atoms with Crippen molar-refractivity contribution in [2.75, 3.05) is 0 Å². The first-order valence-corrected chi connectivity index (χ1v) is 8.14. The lowest BCUT2D eigenvalue weighted by Crippen LogP contribution is -2.46. The third-order valence-corrected chi connectivity index (χ3v) is 6.93. The van der Waals surface area contributed by atoms with Crippen molar-refractivity contribution in [3.05, 3.63) is 12.2 Å². The molecule has 2 saturated carbocycles. The Hall–Kier alpha value is -0.380. The molecule has 2 aliphatic carbocycles. The molecular weight excluding hydrogens is 250 g/mol. The average molecular weight is 277 g/mol. The number of ether oxygens (including phenoxy) is 2. The van der Waals surface area contributed by atoms with Gasteiger partial charge in [-0.15, -0.1) is 0 Å². The van der Waals surface area contributed by atoms with Crippen LogP contribution in [0.5, 0.6) is 0 Å². The number of fused-ring (bicyclic) bond motifs is 4. The molecule has 0 amide bonds. The van der Waals surface area contributed by atoms with Crippen LogP contribution in [-0.2, 0) is 9.47 Å². The fourth-order valence-corrected chi connectivity index (χ4v) is 5.31.